The molecule has 2 aliphatic heterocycles. The summed E-state index contributed by atoms with van der Waals surface area (Å²) >= 11 is 0. The van der Waals surface area contributed by atoms with Gasteiger partial charge in [0.2, 0.25) is 5.91 Å². The van der Waals surface area contributed by atoms with Gasteiger partial charge in [-0.3, -0.25) is 19.3 Å². The van der Waals surface area contributed by atoms with Crippen molar-refractivity contribution in [2.45, 2.75) is 44.7 Å². The maximum atomic E-state index is 13.0. The van der Waals surface area contributed by atoms with Crippen molar-refractivity contribution in [2.24, 2.45) is 0 Å². The van der Waals surface area contributed by atoms with Crippen LogP contribution in [0.25, 0.3) is 0 Å². The fourth-order valence-electron chi connectivity index (χ4n) is 4.27. The summed E-state index contributed by atoms with van der Waals surface area (Å²) in [6.07, 6.45) is 2.17. The van der Waals surface area contributed by atoms with Gasteiger partial charge in [0.1, 0.15) is 11.7 Å². The summed E-state index contributed by atoms with van der Waals surface area (Å²) in [5.74, 6) is -1.35. The van der Waals surface area contributed by atoms with Crippen LogP contribution in [0.3, 0.4) is 0 Å². The molecule has 1 atom stereocenters. The summed E-state index contributed by atoms with van der Waals surface area (Å²) in [5, 5.41) is 9.24. The first kappa shape index (κ1) is 23.4. The predicted molar refractivity (Wildman–Crippen MR) is 131 cm³/mol. The first-order chi connectivity index (χ1) is 16.2. The first-order valence-electron chi connectivity index (χ1n) is 11.4. The van der Waals surface area contributed by atoms with Crippen LogP contribution in [0.1, 0.15) is 37.8 Å². The van der Waals surface area contributed by atoms with Crippen LogP contribution in [-0.4, -0.2) is 35.2 Å². The zero-order valence-electron chi connectivity index (χ0n) is 19.6. The standard InChI is InChI=1S/C27H30N4O3/c1-18-12-13-23(25(33)29-18)31-24(32)15-22(26(31)34)30-21-11-7-10-20(14-21)27(2,3)17-28-16-19-8-5-4-6-9-19/h4-11,14-15,23,28,30H,1,12-13,16-17H2,2-3H3,(H,29,33). The van der Waals surface area contributed by atoms with Gasteiger partial charge in [0, 0.05) is 36.0 Å². The Morgan fingerprint density at radius 1 is 1.09 bits per heavy atom. The van der Waals surface area contributed by atoms with Crippen molar-refractivity contribution in [3.63, 3.8) is 0 Å². The number of hydrogen-bond acceptors (Lipinski definition) is 5. The summed E-state index contributed by atoms with van der Waals surface area (Å²) < 4.78 is 0. The van der Waals surface area contributed by atoms with Gasteiger partial charge in [-0.25, -0.2) is 0 Å². The van der Waals surface area contributed by atoms with Gasteiger partial charge in [-0.15, -0.1) is 0 Å². The van der Waals surface area contributed by atoms with Crippen LogP contribution in [0.2, 0.25) is 0 Å². The number of hydrogen-bond donors (Lipinski definition) is 3. The van der Waals surface area contributed by atoms with E-state index in [1.54, 1.807) is 0 Å². The summed E-state index contributed by atoms with van der Waals surface area (Å²) in [5.41, 5.74) is 3.64. The molecule has 0 aliphatic carbocycles. The number of anilines is 1. The molecular weight excluding hydrogens is 428 g/mol. The third-order valence-corrected chi connectivity index (χ3v) is 6.25. The number of carbonyl (C=O) groups is 3. The van der Waals surface area contributed by atoms with Crippen molar-refractivity contribution in [3.8, 4) is 0 Å². The minimum atomic E-state index is -0.818. The van der Waals surface area contributed by atoms with Crippen LogP contribution >= 0.6 is 0 Å². The molecule has 34 heavy (non-hydrogen) atoms. The van der Waals surface area contributed by atoms with Crippen LogP contribution in [-0.2, 0) is 26.3 Å². The number of nitrogens with zero attached hydrogens (tertiary/aromatic N) is 1. The van der Waals surface area contributed by atoms with E-state index in [0.29, 0.717) is 24.2 Å². The fraction of sp³-hybridized carbons (Fsp3) is 0.296. The third-order valence-electron chi connectivity index (χ3n) is 6.25. The highest BCUT2D eigenvalue weighted by atomic mass is 16.2. The Hall–Kier alpha value is -3.71. The molecule has 7 heteroatoms. The quantitative estimate of drug-likeness (QED) is 0.529. The van der Waals surface area contributed by atoms with Crippen LogP contribution in [0.4, 0.5) is 5.69 Å². The van der Waals surface area contributed by atoms with Gasteiger partial charge >= 0.3 is 0 Å². The second-order valence-electron chi connectivity index (χ2n) is 9.40. The smallest absolute Gasteiger partial charge is 0.278 e. The number of rotatable bonds is 8. The van der Waals surface area contributed by atoms with Gasteiger partial charge in [0.15, 0.2) is 0 Å². The number of benzene rings is 2. The lowest BCUT2D eigenvalue weighted by Gasteiger charge is -2.30. The molecule has 176 valence electrons. The molecule has 0 aromatic heterocycles. The zero-order chi connectivity index (χ0) is 24.3. The highest BCUT2D eigenvalue weighted by Gasteiger charge is 2.41. The van der Waals surface area contributed by atoms with Gasteiger partial charge in [0.25, 0.3) is 11.8 Å². The Kier molecular flexibility index (Phi) is 6.65. The van der Waals surface area contributed by atoms with Crippen molar-refractivity contribution < 1.29 is 14.4 Å². The average Bonchev–Trinajstić information content (AvgIpc) is 3.07. The van der Waals surface area contributed by atoms with E-state index in [1.807, 2.05) is 36.4 Å². The minimum Gasteiger partial charge on any atom is -0.351 e. The Morgan fingerprint density at radius 2 is 1.85 bits per heavy atom. The van der Waals surface area contributed by atoms with E-state index in [4.69, 9.17) is 0 Å². The number of carbonyl (C=O) groups excluding carboxylic acids is 3. The maximum Gasteiger partial charge on any atom is 0.278 e. The van der Waals surface area contributed by atoms with E-state index < -0.39 is 17.9 Å². The molecule has 0 radical (unpaired) electrons. The number of amides is 3. The molecule has 1 unspecified atom stereocenters. The van der Waals surface area contributed by atoms with Crippen LogP contribution in [0, 0.1) is 0 Å². The lowest BCUT2D eigenvalue weighted by molar-refractivity contribution is -0.146. The van der Waals surface area contributed by atoms with E-state index in [9.17, 15) is 14.4 Å². The highest BCUT2D eigenvalue weighted by molar-refractivity contribution is 6.19. The van der Waals surface area contributed by atoms with Gasteiger partial charge in [-0.2, -0.15) is 0 Å². The van der Waals surface area contributed by atoms with Crippen molar-refractivity contribution in [3.05, 3.63) is 89.8 Å². The normalized spacial score (nSPS) is 18.7. The van der Waals surface area contributed by atoms with Gasteiger partial charge in [-0.05, 0) is 36.1 Å². The molecule has 2 heterocycles. The second-order valence-corrected chi connectivity index (χ2v) is 9.40. The third kappa shape index (κ3) is 5.10. The van der Waals surface area contributed by atoms with Gasteiger partial charge in [-0.1, -0.05) is 62.9 Å². The monoisotopic (exact) mass is 458 g/mol. The van der Waals surface area contributed by atoms with Crippen LogP contribution in [0.15, 0.2) is 78.6 Å². The molecule has 0 bridgehead atoms. The van der Waals surface area contributed by atoms with Crippen molar-refractivity contribution in [1.82, 2.24) is 15.5 Å². The van der Waals surface area contributed by atoms with Crippen LogP contribution < -0.4 is 16.0 Å². The van der Waals surface area contributed by atoms with E-state index in [1.165, 1.54) is 11.6 Å². The van der Waals surface area contributed by atoms with Crippen molar-refractivity contribution >= 4 is 23.4 Å². The maximum absolute atomic E-state index is 13.0. The van der Waals surface area contributed by atoms with Crippen molar-refractivity contribution in [2.75, 3.05) is 11.9 Å². The van der Waals surface area contributed by atoms with Gasteiger partial charge < -0.3 is 16.0 Å². The summed E-state index contributed by atoms with van der Waals surface area (Å²) in [6, 6.07) is 17.3. The molecule has 2 aliphatic rings. The molecule has 7 nitrogen and oxygen atoms in total. The zero-order valence-corrected chi connectivity index (χ0v) is 19.6. The topological polar surface area (TPSA) is 90.5 Å². The molecule has 4 rings (SSSR count). The number of imide groups is 1. The molecule has 1 fully saturated rings. The number of nitrogens with one attached hydrogen (secondary N) is 3. The Morgan fingerprint density at radius 3 is 2.59 bits per heavy atom. The largest absolute Gasteiger partial charge is 0.351 e. The molecule has 2 aromatic rings. The fourth-order valence-corrected chi connectivity index (χ4v) is 4.27. The molecule has 3 amide bonds. The van der Waals surface area contributed by atoms with E-state index in [2.05, 4.69) is 54.6 Å². The second kappa shape index (κ2) is 9.65. The number of piperidine rings is 1. The Balaban J connectivity index is 1.41. The Labute approximate surface area is 199 Å². The SMILES string of the molecule is C=C1CCC(N2C(=O)C=C(Nc3cccc(C(C)(C)CNCc4ccccc4)c3)C2=O)C(=O)N1. The predicted octanol–water partition coefficient (Wildman–Crippen LogP) is 3.21. The molecule has 1 saturated heterocycles. The molecule has 0 spiro atoms. The first-order valence-corrected chi connectivity index (χ1v) is 11.4. The molecule has 0 saturated carbocycles. The Bertz CT molecular complexity index is 1150. The van der Waals surface area contributed by atoms with Crippen molar-refractivity contribution in [1.29, 1.82) is 0 Å². The van der Waals surface area contributed by atoms with E-state index in [0.717, 1.165) is 23.6 Å². The minimum absolute atomic E-state index is 0.162. The highest BCUT2D eigenvalue weighted by Crippen LogP contribution is 2.28. The summed E-state index contributed by atoms with van der Waals surface area (Å²) in [4.78, 5) is 38.9. The lowest BCUT2D eigenvalue weighted by atomic mass is 9.84. The average molecular weight is 459 g/mol. The van der Waals surface area contributed by atoms with E-state index in [-0.39, 0.29) is 17.0 Å². The lowest BCUT2D eigenvalue weighted by Crippen LogP contribution is -2.52. The molecule has 2 aromatic carbocycles. The summed E-state index contributed by atoms with van der Waals surface area (Å²) in [7, 11) is 0. The molecule has 3 N–H and O–H groups in total. The van der Waals surface area contributed by atoms with E-state index >= 15 is 0 Å². The molecular formula is C27H30N4O3. The van der Waals surface area contributed by atoms with Gasteiger partial charge in [0.05, 0.1) is 0 Å². The number of allylic oxidation sites excluding steroid dienone is 1. The van der Waals surface area contributed by atoms with Crippen LogP contribution in [0.5, 0.6) is 0 Å². The summed E-state index contributed by atoms with van der Waals surface area (Å²) in [6.45, 7) is 9.61.